The monoisotopic (exact) mass is 385 g/mol. The Balaban J connectivity index is 1.88. The van der Waals surface area contributed by atoms with Crippen LogP contribution in [0.5, 0.6) is 0 Å². The van der Waals surface area contributed by atoms with Crippen LogP contribution in [-0.4, -0.2) is 29.2 Å². The van der Waals surface area contributed by atoms with E-state index in [1.54, 1.807) is 6.92 Å². The third kappa shape index (κ3) is 5.72. The number of nitrogens with zero attached hydrogens (tertiary/aromatic N) is 1. The van der Waals surface area contributed by atoms with E-state index in [4.69, 9.17) is 10.00 Å². The second kappa shape index (κ2) is 9.05. The van der Waals surface area contributed by atoms with Gasteiger partial charge in [0.2, 0.25) is 5.56 Å². The summed E-state index contributed by atoms with van der Waals surface area (Å²) in [6.45, 7) is 5.01. The van der Waals surface area contributed by atoms with E-state index in [9.17, 15) is 14.4 Å². The highest BCUT2D eigenvalue weighted by atomic mass is 32.2. The summed E-state index contributed by atoms with van der Waals surface area (Å²) >= 11 is 0.984. The van der Waals surface area contributed by atoms with Crippen LogP contribution in [0.3, 0.4) is 0 Å². The summed E-state index contributed by atoms with van der Waals surface area (Å²) in [5.41, 5.74) is 3.06. The fourth-order valence-corrected chi connectivity index (χ4v) is 3.15. The molecule has 0 aliphatic heterocycles. The Morgan fingerprint density at radius 1 is 1.22 bits per heavy atom. The summed E-state index contributed by atoms with van der Waals surface area (Å²) in [6, 6.07) is 8.98. The number of aryl methyl sites for hydroxylation is 3. The second-order valence-corrected chi connectivity index (χ2v) is 6.93. The van der Waals surface area contributed by atoms with E-state index < -0.39 is 18.5 Å². The number of esters is 1. The molecule has 7 nitrogen and oxygen atoms in total. The van der Waals surface area contributed by atoms with Gasteiger partial charge in [-0.2, -0.15) is 5.26 Å². The zero-order valence-electron chi connectivity index (χ0n) is 15.2. The normalized spacial score (nSPS) is 10.1. The number of rotatable bonds is 6. The summed E-state index contributed by atoms with van der Waals surface area (Å²) in [6.07, 6.45) is 0. The molecule has 0 saturated carbocycles. The third-order valence-electron chi connectivity index (χ3n) is 3.68. The number of aromatic nitrogens is 1. The summed E-state index contributed by atoms with van der Waals surface area (Å²) in [7, 11) is 0. The maximum atomic E-state index is 12.0. The first kappa shape index (κ1) is 20.3. The van der Waals surface area contributed by atoms with E-state index in [1.807, 2.05) is 38.1 Å². The molecule has 0 spiro atoms. The van der Waals surface area contributed by atoms with Gasteiger partial charge in [-0.15, -0.1) is 0 Å². The number of thioether (sulfide) groups is 1. The van der Waals surface area contributed by atoms with Gasteiger partial charge in [0, 0.05) is 11.8 Å². The highest BCUT2D eigenvalue weighted by Gasteiger charge is 2.13. The molecule has 140 valence electrons. The average Bonchev–Trinajstić information content (AvgIpc) is 2.61. The van der Waals surface area contributed by atoms with Crippen molar-refractivity contribution >= 4 is 29.3 Å². The Hall–Kier alpha value is -3.05. The molecule has 0 unspecified atom stereocenters. The number of nitrogens with one attached hydrogen (secondary N) is 2. The van der Waals surface area contributed by atoms with Gasteiger partial charge >= 0.3 is 5.97 Å². The topological polar surface area (TPSA) is 112 Å². The number of H-pyrrole nitrogens is 1. The van der Waals surface area contributed by atoms with Crippen molar-refractivity contribution in [3.63, 3.8) is 0 Å². The maximum absolute atomic E-state index is 12.0. The molecule has 1 heterocycles. The Morgan fingerprint density at radius 2 is 1.96 bits per heavy atom. The number of amides is 1. The van der Waals surface area contributed by atoms with Gasteiger partial charge in [-0.3, -0.25) is 14.4 Å². The maximum Gasteiger partial charge on any atom is 0.316 e. The molecule has 8 heteroatoms. The predicted molar refractivity (Wildman–Crippen MR) is 103 cm³/mol. The molecule has 0 aliphatic rings. The van der Waals surface area contributed by atoms with Crippen LogP contribution >= 0.6 is 11.8 Å². The number of aromatic amines is 1. The smallest absolute Gasteiger partial charge is 0.316 e. The molecule has 27 heavy (non-hydrogen) atoms. The van der Waals surface area contributed by atoms with Crippen molar-refractivity contribution < 1.29 is 14.3 Å². The number of ether oxygens (including phenoxy) is 1. The van der Waals surface area contributed by atoms with Crippen LogP contribution in [0, 0.1) is 32.1 Å². The fraction of sp³-hybridized carbons (Fsp3) is 0.263. The number of pyridine rings is 1. The molecule has 0 radical (unpaired) electrons. The quantitative estimate of drug-likeness (QED) is 0.583. The summed E-state index contributed by atoms with van der Waals surface area (Å²) < 4.78 is 4.96. The minimum absolute atomic E-state index is 0.134. The molecular weight excluding hydrogens is 366 g/mol. The van der Waals surface area contributed by atoms with Crippen molar-refractivity contribution in [3.05, 3.63) is 56.9 Å². The van der Waals surface area contributed by atoms with Crippen molar-refractivity contribution in [2.24, 2.45) is 0 Å². The van der Waals surface area contributed by atoms with Gasteiger partial charge in [-0.25, -0.2) is 0 Å². The molecule has 2 aromatic rings. The Kier molecular flexibility index (Phi) is 6.79. The van der Waals surface area contributed by atoms with Gasteiger partial charge in [0.15, 0.2) is 6.61 Å². The van der Waals surface area contributed by atoms with Crippen LogP contribution in [0.25, 0.3) is 0 Å². The lowest BCUT2D eigenvalue weighted by atomic mass is 10.1. The van der Waals surface area contributed by atoms with Crippen LogP contribution in [0.4, 0.5) is 5.69 Å². The van der Waals surface area contributed by atoms with Crippen molar-refractivity contribution in [2.45, 2.75) is 25.8 Å². The first-order valence-electron chi connectivity index (χ1n) is 8.09. The number of nitriles is 1. The van der Waals surface area contributed by atoms with Crippen molar-refractivity contribution in [1.82, 2.24) is 4.98 Å². The van der Waals surface area contributed by atoms with E-state index in [0.29, 0.717) is 21.8 Å². The molecule has 0 saturated heterocycles. The number of benzene rings is 1. The lowest BCUT2D eigenvalue weighted by Crippen LogP contribution is -2.22. The summed E-state index contributed by atoms with van der Waals surface area (Å²) in [4.78, 5) is 37.9. The Labute approximate surface area is 160 Å². The largest absolute Gasteiger partial charge is 0.455 e. The second-order valence-electron chi connectivity index (χ2n) is 5.95. The number of hydrogen-bond donors (Lipinski definition) is 2. The third-order valence-corrected chi connectivity index (χ3v) is 4.66. The molecule has 0 aliphatic carbocycles. The molecule has 0 fully saturated rings. The molecular formula is C19H19N3O4S. The molecule has 2 rings (SSSR count). The number of anilines is 1. The minimum Gasteiger partial charge on any atom is -0.455 e. The fourth-order valence-electron chi connectivity index (χ4n) is 2.28. The van der Waals surface area contributed by atoms with Crippen molar-refractivity contribution in [2.75, 3.05) is 17.7 Å². The zero-order chi connectivity index (χ0) is 20.0. The molecule has 1 aromatic heterocycles. The molecule has 1 aromatic carbocycles. The first-order chi connectivity index (χ1) is 12.8. The summed E-state index contributed by atoms with van der Waals surface area (Å²) in [5, 5.41) is 12.2. The number of hydrogen-bond acceptors (Lipinski definition) is 6. The predicted octanol–water partition coefficient (Wildman–Crippen LogP) is 2.45. The lowest BCUT2D eigenvalue weighted by Gasteiger charge is -2.10. The van der Waals surface area contributed by atoms with Gasteiger partial charge in [0.25, 0.3) is 5.91 Å². The lowest BCUT2D eigenvalue weighted by molar-refractivity contribution is -0.144. The summed E-state index contributed by atoms with van der Waals surface area (Å²) in [5.74, 6) is -1.20. The van der Waals surface area contributed by atoms with E-state index in [-0.39, 0.29) is 11.3 Å². The molecule has 2 N–H and O–H groups in total. The molecule has 0 atom stereocenters. The standard InChI is InChI=1S/C19H19N3O4S/c1-11-4-5-12(2)15(6-11)21-17(24)9-26-18(25)10-27-19-14(8-20)13(3)7-16(23)22-19/h4-7H,9-10H2,1-3H3,(H,21,24)(H,22,23). The highest BCUT2D eigenvalue weighted by Crippen LogP contribution is 2.21. The average molecular weight is 385 g/mol. The van der Waals surface area contributed by atoms with Gasteiger partial charge < -0.3 is 15.0 Å². The minimum atomic E-state index is -0.623. The van der Waals surface area contributed by atoms with Gasteiger partial charge in [0.05, 0.1) is 16.3 Å². The van der Waals surface area contributed by atoms with Crippen molar-refractivity contribution in [1.29, 1.82) is 5.26 Å². The first-order valence-corrected chi connectivity index (χ1v) is 9.08. The Morgan fingerprint density at radius 3 is 2.67 bits per heavy atom. The number of carbonyl (C=O) groups excluding carboxylic acids is 2. The van der Waals surface area contributed by atoms with E-state index in [2.05, 4.69) is 10.3 Å². The van der Waals surface area contributed by atoms with Gasteiger partial charge in [-0.05, 0) is 43.5 Å². The van der Waals surface area contributed by atoms with Crippen LogP contribution < -0.4 is 10.9 Å². The van der Waals surface area contributed by atoms with Crippen LogP contribution in [0.1, 0.15) is 22.3 Å². The number of carbonyl (C=O) groups is 2. The van der Waals surface area contributed by atoms with Gasteiger partial charge in [-0.1, -0.05) is 23.9 Å². The van der Waals surface area contributed by atoms with E-state index >= 15 is 0 Å². The highest BCUT2D eigenvalue weighted by molar-refractivity contribution is 7.99. The molecule has 1 amide bonds. The van der Waals surface area contributed by atoms with Gasteiger partial charge in [0.1, 0.15) is 6.07 Å². The molecule has 0 bridgehead atoms. The SMILES string of the molecule is Cc1ccc(C)c(NC(=O)COC(=O)CSc2[nH]c(=O)cc(C)c2C#N)c1. The van der Waals surface area contributed by atoms with Crippen molar-refractivity contribution in [3.8, 4) is 6.07 Å². The van der Waals surface area contributed by atoms with Crippen LogP contribution in [0.15, 0.2) is 34.1 Å². The van der Waals surface area contributed by atoms with Crippen LogP contribution in [-0.2, 0) is 14.3 Å². The Bertz CT molecular complexity index is 976. The van der Waals surface area contributed by atoms with E-state index in [1.165, 1.54) is 6.07 Å². The van der Waals surface area contributed by atoms with Crippen LogP contribution in [0.2, 0.25) is 0 Å². The van der Waals surface area contributed by atoms with E-state index in [0.717, 1.165) is 22.9 Å². The zero-order valence-corrected chi connectivity index (χ0v) is 16.0.